The zero-order chi connectivity index (χ0) is 12.2. The van der Waals surface area contributed by atoms with Gasteiger partial charge < -0.3 is 5.32 Å². The summed E-state index contributed by atoms with van der Waals surface area (Å²) in [5, 5.41) is 3.66. The maximum Gasteiger partial charge on any atom is 0.142 e. The molecule has 2 aliphatic rings. The summed E-state index contributed by atoms with van der Waals surface area (Å²) in [7, 11) is 0. The molecule has 0 spiro atoms. The Balaban J connectivity index is 1.67. The third-order valence-corrected chi connectivity index (χ3v) is 4.19. The lowest BCUT2D eigenvalue weighted by molar-refractivity contribution is 0.109. The minimum atomic E-state index is 0.685. The largest absolute Gasteiger partial charge is 0.312 e. The number of nitrogens with one attached hydrogen (secondary N) is 1. The molecule has 0 bridgehead atoms. The summed E-state index contributed by atoms with van der Waals surface area (Å²) in [5.41, 5.74) is 0. The van der Waals surface area contributed by atoms with Crippen LogP contribution in [0.4, 0.5) is 0 Å². The van der Waals surface area contributed by atoms with E-state index < -0.39 is 0 Å². The normalized spacial score (nSPS) is 29.6. The summed E-state index contributed by atoms with van der Waals surface area (Å²) in [6, 6.07) is 3.26. The highest BCUT2D eigenvalue weighted by atomic mass is 15.2. The van der Waals surface area contributed by atoms with Crippen LogP contribution in [0.2, 0.25) is 0 Å². The van der Waals surface area contributed by atoms with E-state index in [1.54, 1.807) is 0 Å². The van der Waals surface area contributed by atoms with Gasteiger partial charge in [0.2, 0.25) is 0 Å². The average Bonchev–Trinajstić information content (AvgIpc) is 2.94. The predicted octanol–water partition coefficient (Wildman–Crippen LogP) is 1.58. The first-order valence-corrected chi connectivity index (χ1v) is 7.17. The van der Waals surface area contributed by atoms with Crippen molar-refractivity contribution in [3.63, 3.8) is 0 Å². The van der Waals surface area contributed by atoms with E-state index in [-0.39, 0.29) is 0 Å². The van der Waals surface area contributed by atoms with Crippen molar-refractivity contribution in [2.75, 3.05) is 13.1 Å². The molecule has 18 heavy (non-hydrogen) atoms. The Kier molecular flexibility index (Phi) is 3.86. The van der Waals surface area contributed by atoms with Crippen LogP contribution in [0.15, 0.2) is 18.5 Å². The monoisotopic (exact) mass is 246 g/mol. The van der Waals surface area contributed by atoms with Crippen molar-refractivity contribution in [2.24, 2.45) is 0 Å². The van der Waals surface area contributed by atoms with Gasteiger partial charge in [-0.3, -0.25) is 4.90 Å². The predicted molar refractivity (Wildman–Crippen MR) is 71.1 cm³/mol. The highest BCUT2D eigenvalue weighted by molar-refractivity contribution is 4.94. The zero-order valence-corrected chi connectivity index (χ0v) is 10.9. The van der Waals surface area contributed by atoms with Gasteiger partial charge in [-0.25, -0.2) is 9.97 Å². The van der Waals surface area contributed by atoms with Gasteiger partial charge in [-0.15, -0.1) is 0 Å². The molecule has 0 aliphatic carbocycles. The topological polar surface area (TPSA) is 41.1 Å². The van der Waals surface area contributed by atoms with Crippen LogP contribution in [0.1, 0.15) is 37.9 Å². The van der Waals surface area contributed by atoms with Crippen LogP contribution >= 0.6 is 0 Å². The molecule has 0 aromatic carbocycles. The van der Waals surface area contributed by atoms with E-state index in [0.29, 0.717) is 12.1 Å². The molecule has 4 heteroatoms. The second kappa shape index (κ2) is 5.76. The second-order valence-electron chi connectivity index (χ2n) is 5.40. The quantitative estimate of drug-likeness (QED) is 0.879. The fraction of sp³-hybridized carbons (Fsp3) is 0.714. The fourth-order valence-corrected chi connectivity index (χ4v) is 3.30. The molecular formula is C14H22N4. The molecule has 2 unspecified atom stereocenters. The number of aromatic nitrogens is 2. The molecule has 2 aliphatic heterocycles. The van der Waals surface area contributed by atoms with Crippen molar-refractivity contribution in [1.82, 2.24) is 20.2 Å². The molecule has 2 saturated heterocycles. The van der Waals surface area contributed by atoms with Gasteiger partial charge in [-0.2, -0.15) is 0 Å². The highest BCUT2D eigenvalue weighted by Gasteiger charge is 2.31. The molecule has 4 nitrogen and oxygen atoms in total. The lowest BCUT2D eigenvalue weighted by Gasteiger charge is -2.38. The van der Waals surface area contributed by atoms with Crippen LogP contribution in [0.5, 0.6) is 0 Å². The van der Waals surface area contributed by atoms with Gasteiger partial charge in [0.05, 0.1) is 6.54 Å². The van der Waals surface area contributed by atoms with Crippen LogP contribution in [-0.2, 0) is 6.54 Å². The highest BCUT2D eigenvalue weighted by Crippen LogP contribution is 2.25. The Morgan fingerprint density at radius 2 is 2.06 bits per heavy atom. The number of likely N-dealkylation sites (tertiary alicyclic amines) is 1. The SMILES string of the molecule is c1cnc(CN2CCCCC2C2CCCN2)nc1. The van der Waals surface area contributed by atoms with Gasteiger partial charge in [-0.1, -0.05) is 6.42 Å². The molecule has 0 saturated carbocycles. The summed E-state index contributed by atoms with van der Waals surface area (Å²) < 4.78 is 0. The Bertz CT molecular complexity index is 361. The molecule has 1 aromatic rings. The van der Waals surface area contributed by atoms with E-state index in [4.69, 9.17) is 0 Å². The van der Waals surface area contributed by atoms with E-state index >= 15 is 0 Å². The second-order valence-corrected chi connectivity index (χ2v) is 5.40. The summed E-state index contributed by atoms with van der Waals surface area (Å²) in [6.45, 7) is 3.29. The van der Waals surface area contributed by atoms with Crippen LogP contribution in [-0.4, -0.2) is 40.0 Å². The van der Waals surface area contributed by atoms with E-state index in [2.05, 4.69) is 20.2 Å². The molecule has 1 N–H and O–H groups in total. The molecule has 0 radical (unpaired) electrons. The van der Waals surface area contributed by atoms with E-state index in [0.717, 1.165) is 12.4 Å². The molecular weight excluding hydrogens is 224 g/mol. The molecule has 3 rings (SSSR count). The number of rotatable bonds is 3. The maximum absolute atomic E-state index is 4.36. The molecule has 0 amide bonds. The lowest BCUT2D eigenvalue weighted by Crippen LogP contribution is -2.49. The molecule has 98 valence electrons. The third-order valence-electron chi connectivity index (χ3n) is 4.19. The van der Waals surface area contributed by atoms with E-state index in [1.165, 1.54) is 45.2 Å². The third kappa shape index (κ3) is 2.70. The number of piperidine rings is 1. The van der Waals surface area contributed by atoms with E-state index in [9.17, 15) is 0 Å². The van der Waals surface area contributed by atoms with Gasteiger partial charge in [0.15, 0.2) is 0 Å². The number of hydrogen-bond acceptors (Lipinski definition) is 4. The molecule has 2 atom stereocenters. The van der Waals surface area contributed by atoms with Crippen molar-refractivity contribution in [3.8, 4) is 0 Å². The van der Waals surface area contributed by atoms with Crippen LogP contribution in [0, 0.1) is 0 Å². The van der Waals surface area contributed by atoms with Gasteiger partial charge in [-0.05, 0) is 44.8 Å². The fourth-order valence-electron chi connectivity index (χ4n) is 3.30. The standard InChI is InChI=1S/C14H22N4/c1-2-10-18(11-14-16-8-4-9-17-14)13(6-1)12-5-3-7-15-12/h4,8-9,12-13,15H,1-3,5-7,10-11H2. The van der Waals surface area contributed by atoms with Crippen molar-refractivity contribution in [1.29, 1.82) is 0 Å². The van der Waals surface area contributed by atoms with Crippen molar-refractivity contribution in [2.45, 2.75) is 50.7 Å². The minimum absolute atomic E-state index is 0.685. The molecule has 3 heterocycles. The maximum atomic E-state index is 4.36. The molecule has 2 fully saturated rings. The smallest absolute Gasteiger partial charge is 0.142 e. The Hall–Kier alpha value is -1.00. The van der Waals surface area contributed by atoms with Gasteiger partial charge in [0.25, 0.3) is 0 Å². The van der Waals surface area contributed by atoms with Crippen LogP contribution in [0.3, 0.4) is 0 Å². The summed E-state index contributed by atoms with van der Waals surface area (Å²) in [6.07, 6.45) is 10.4. The van der Waals surface area contributed by atoms with E-state index in [1.807, 2.05) is 18.5 Å². The van der Waals surface area contributed by atoms with Crippen LogP contribution < -0.4 is 5.32 Å². The van der Waals surface area contributed by atoms with Crippen molar-refractivity contribution < 1.29 is 0 Å². The Morgan fingerprint density at radius 3 is 2.83 bits per heavy atom. The summed E-state index contributed by atoms with van der Waals surface area (Å²) in [5.74, 6) is 0.961. The Morgan fingerprint density at radius 1 is 1.17 bits per heavy atom. The van der Waals surface area contributed by atoms with Crippen LogP contribution in [0.25, 0.3) is 0 Å². The average molecular weight is 246 g/mol. The van der Waals surface area contributed by atoms with Crippen molar-refractivity contribution in [3.05, 3.63) is 24.3 Å². The summed E-state index contributed by atoms with van der Waals surface area (Å²) in [4.78, 5) is 11.3. The first-order valence-electron chi connectivity index (χ1n) is 7.17. The van der Waals surface area contributed by atoms with Gasteiger partial charge >= 0.3 is 0 Å². The van der Waals surface area contributed by atoms with Gasteiger partial charge in [0.1, 0.15) is 5.82 Å². The number of nitrogens with zero attached hydrogens (tertiary/aromatic N) is 3. The van der Waals surface area contributed by atoms with Gasteiger partial charge in [0, 0.05) is 24.5 Å². The first kappa shape index (κ1) is 12.1. The lowest BCUT2D eigenvalue weighted by atomic mass is 9.94. The Labute approximate surface area is 109 Å². The zero-order valence-electron chi connectivity index (χ0n) is 10.9. The molecule has 1 aromatic heterocycles. The van der Waals surface area contributed by atoms with Crippen molar-refractivity contribution >= 4 is 0 Å². The first-order chi connectivity index (χ1) is 8.93. The minimum Gasteiger partial charge on any atom is -0.312 e. The summed E-state index contributed by atoms with van der Waals surface area (Å²) >= 11 is 0. The number of hydrogen-bond donors (Lipinski definition) is 1.